The predicted molar refractivity (Wildman–Crippen MR) is 76.3 cm³/mol. The van der Waals surface area contributed by atoms with E-state index in [4.69, 9.17) is 5.73 Å². The van der Waals surface area contributed by atoms with E-state index >= 15 is 0 Å². The second-order valence-corrected chi connectivity index (χ2v) is 6.33. The van der Waals surface area contributed by atoms with Gasteiger partial charge in [-0.1, -0.05) is 0 Å². The van der Waals surface area contributed by atoms with Crippen LogP contribution < -0.4 is 5.73 Å². The van der Waals surface area contributed by atoms with Crippen molar-refractivity contribution in [1.29, 1.82) is 0 Å². The highest BCUT2D eigenvalue weighted by molar-refractivity contribution is 7.89. The van der Waals surface area contributed by atoms with Crippen molar-refractivity contribution >= 4 is 15.8 Å². The lowest BCUT2D eigenvalue weighted by atomic mass is 10.1. The van der Waals surface area contributed by atoms with Crippen LogP contribution in [0.3, 0.4) is 0 Å². The van der Waals surface area contributed by atoms with Crippen LogP contribution in [0.25, 0.3) is 0 Å². The summed E-state index contributed by atoms with van der Waals surface area (Å²) >= 11 is 0. The van der Waals surface area contributed by atoms with Crippen LogP contribution in [0.15, 0.2) is 47.8 Å². The first kappa shape index (κ1) is 14.4. The van der Waals surface area contributed by atoms with Crippen LogP contribution in [0.2, 0.25) is 0 Å². The lowest BCUT2D eigenvalue weighted by molar-refractivity contribution is 0.398. The van der Waals surface area contributed by atoms with Crippen molar-refractivity contribution in [2.24, 2.45) is 0 Å². The van der Waals surface area contributed by atoms with Crippen LogP contribution in [0, 0.1) is 0 Å². The van der Waals surface area contributed by atoms with Gasteiger partial charge >= 0.3 is 0 Å². The van der Waals surface area contributed by atoms with Gasteiger partial charge in [0.25, 0.3) is 0 Å². The van der Waals surface area contributed by atoms with Crippen molar-refractivity contribution in [3.8, 4) is 0 Å². The number of nitrogen functional groups attached to an aromatic ring is 1. The Morgan fingerprint density at radius 3 is 2.45 bits per heavy atom. The van der Waals surface area contributed by atoms with Gasteiger partial charge in [0.15, 0.2) is 0 Å². The Bertz CT molecular complexity index is 689. The van der Waals surface area contributed by atoms with Crippen molar-refractivity contribution in [2.75, 3.05) is 12.8 Å². The zero-order chi connectivity index (χ0) is 14.8. The number of nitrogens with two attached hydrogens (primary N) is 1. The summed E-state index contributed by atoms with van der Waals surface area (Å²) in [6, 6.07) is 6.23. The SMILES string of the molecule is CC(c1ccncc1)N(C)S(=O)(=O)c1cccnc1N. The average molecular weight is 292 g/mol. The summed E-state index contributed by atoms with van der Waals surface area (Å²) in [5, 5.41) is 0. The molecule has 0 bridgehead atoms. The van der Waals surface area contributed by atoms with E-state index in [0.29, 0.717) is 0 Å². The smallest absolute Gasteiger partial charge is 0.247 e. The molecule has 1 unspecified atom stereocenters. The van der Waals surface area contributed by atoms with E-state index in [1.165, 1.54) is 23.6 Å². The molecule has 2 rings (SSSR count). The van der Waals surface area contributed by atoms with Gasteiger partial charge < -0.3 is 5.73 Å². The molecule has 2 heterocycles. The first-order chi connectivity index (χ1) is 9.44. The molecule has 2 N–H and O–H groups in total. The number of nitrogens with zero attached hydrogens (tertiary/aromatic N) is 3. The van der Waals surface area contributed by atoms with Gasteiger partial charge in [0.05, 0.1) is 0 Å². The Morgan fingerprint density at radius 1 is 1.20 bits per heavy atom. The molecular formula is C13H16N4O2S. The largest absolute Gasteiger partial charge is 0.383 e. The molecule has 0 aliphatic carbocycles. The van der Waals surface area contributed by atoms with Crippen LogP contribution in [0.5, 0.6) is 0 Å². The van der Waals surface area contributed by atoms with Gasteiger partial charge in [0, 0.05) is 31.7 Å². The van der Waals surface area contributed by atoms with E-state index < -0.39 is 10.0 Å². The molecule has 0 aliphatic heterocycles. The van der Waals surface area contributed by atoms with Crippen LogP contribution in [0.1, 0.15) is 18.5 Å². The van der Waals surface area contributed by atoms with Crippen molar-refractivity contribution in [1.82, 2.24) is 14.3 Å². The quantitative estimate of drug-likeness (QED) is 0.921. The standard InChI is InChI=1S/C13H16N4O2S/c1-10(11-5-8-15-9-6-11)17(2)20(18,19)12-4-3-7-16-13(12)14/h3-10H,1-2H3,(H2,14,16). The molecule has 2 aromatic heterocycles. The van der Waals surface area contributed by atoms with Gasteiger partial charge in [-0.2, -0.15) is 4.31 Å². The Kier molecular flexibility index (Phi) is 4.01. The highest BCUT2D eigenvalue weighted by atomic mass is 32.2. The third kappa shape index (κ3) is 2.63. The molecule has 20 heavy (non-hydrogen) atoms. The van der Waals surface area contributed by atoms with E-state index in [9.17, 15) is 8.42 Å². The van der Waals surface area contributed by atoms with Gasteiger partial charge in [0.2, 0.25) is 10.0 Å². The molecule has 1 atom stereocenters. The molecule has 0 aromatic carbocycles. The minimum Gasteiger partial charge on any atom is -0.383 e. The molecule has 0 amide bonds. The zero-order valence-electron chi connectivity index (χ0n) is 11.3. The summed E-state index contributed by atoms with van der Waals surface area (Å²) in [4.78, 5) is 7.76. The maximum Gasteiger partial charge on any atom is 0.247 e. The molecule has 0 fully saturated rings. The molecular weight excluding hydrogens is 276 g/mol. The molecule has 0 saturated heterocycles. The maximum absolute atomic E-state index is 12.6. The van der Waals surface area contributed by atoms with Gasteiger partial charge in [-0.15, -0.1) is 0 Å². The first-order valence-corrected chi connectivity index (χ1v) is 7.47. The lowest BCUT2D eigenvalue weighted by Gasteiger charge is -2.24. The maximum atomic E-state index is 12.6. The van der Waals surface area contributed by atoms with Gasteiger partial charge in [-0.05, 0) is 36.8 Å². The van der Waals surface area contributed by atoms with E-state index in [-0.39, 0.29) is 16.8 Å². The van der Waals surface area contributed by atoms with Crippen molar-refractivity contribution < 1.29 is 8.42 Å². The predicted octanol–water partition coefficient (Wildman–Crippen LogP) is 1.44. The number of aromatic nitrogens is 2. The van der Waals surface area contributed by atoms with Crippen LogP contribution in [-0.2, 0) is 10.0 Å². The number of rotatable bonds is 4. The summed E-state index contributed by atoms with van der Waals surface area (Å²) in [5.74, 6) is 0.00118. The summed E-state index contributed by atoms with van der Waals surface area (Å²) in [6.07, 6.45) is 4.72. The number of pyridine rings is 2. The Morgan fingerprint density at radius 2 is 1.85 bits per heavy atom. The Hall–Kier alpha value is -1.99. The van der Waals surface area contributed by atoms with E-state index in [2.05, 4.69) is 9.97 Å². The summed E-state index contributed by atoms with van der Waals surface area (Å²) in [6.45, 7) is 1.81. The lowest BCUT2D eigenvalue weighted by Crippen LogP contribution is -2.30. The third-order valence-electron chi connectivity index (χ3n) is 3.19. The Balaban J connectivity index is 2.38. The van der Waals surface area contributed by atoms with E-state index in [0.717, 1.165) is 5.56 Å². The second kappa shape index (κ2) is 5.56. The first-order valence-electron chi connectivity index (χ1n) is 6.03. The van der Waals surface area contributed by atoms with Crippen LogP contribution in [-0.4, -0.2) is 29.7 Å². The minimum atomic E-state index is -3.69. The highest BCUT2D eigenvalue weighted by Gasteiger charge is 2.28. The van der Waals surface area contributed by atoms with Gasteiger partial charge in [-0.3, -0.25) is 4.98 Å². The molecule has 106 valence electrons. The highest BCUT2D eigenvalue weighted by Crippen LogP contribution is 2.27. The summed E-state index contributed by atoms with van der Waals surface area (Å²) < 4.78 is 26.4. The van der Waals surface area contributed by atoms with Crippen molar-refractivity contribution in [3.63, 3.8) is 0 Å². The normalized spacial score (nSPS) is 13.3. The number of hydrogen-bond donors (Lipinski definition) is 1. The zero-order valence-corrected chi connectivity index (χ0v) is 12.1. The number of anilines is 1. The molecule has 2 aromatic rings. The summed E-state index contributed by atoms with van der Waals surface area (Å²) in [5.41, 5.74) is 6.51. The fourth-order valence-corrected chi connectivity index (χ4v) is 3.25. The number of sulfonamides is 1. The van der Waals surface area contributed by atoms with Crippen molar-refractivity contribution in [2.45, 2.75) is 17.9 Å². The third-order valence-corrected chi connectivity index (χ3v) is 5.17. The molecule has 0 aliphatic rings. The molecule has 7 heteroatoms. The van der Waals surface area contributed by atoms with Gasteiger partial charge in [-0.25, -0.2) is 13.4 Å². The Labute approximate surface area is 118 Å². The summed E-state index contributed by atoms with van der Waals surface area (Å²) in [7, 11) is -2.17. The molecule has 0 radical (unpaired) electrons. The monoisotopic (exact) mass is 292 g/mol. The topological polar surface area (TPSA) is 89.2 Å². The van der Waals surface area contributed by atoms with Crippen LogP contribution in [0.4, 0.5) is 5.82 Å². The molecule has 0 spiro atoms. The van der Waals surface area contributed by atoms with Crippen LogP contribution >= 0.6 is 0 Å². The van der Waals surface area contributed by atoms with E-state index in [1.807, 2.05) is 0 Å². The minimum absolute atomic E-state index is 0.00118. The molecule has 0 saturated carbocycles. The fourth-order valence-electron chi connectivity index (χ4n) is 1.84. The van der Waals surface area contributed by atoms with Gasteiger partial charge in [0.1, 0.15) is 10.7 Å². The average Bonchev–Trinajstić information content (AvgIpc) is 2.47. The van der Waals surface area contributed by atoms with E-state index in [1.54, 1.807) is 37.5 Å². The van der Waals surface area contributed by atoms with Crippen molar-refractivity contribution in [3.05, 3.63) is 48.4 Å². The fraction of sp³-hybridized carbons (Fsp3) is 0.231. The number of hydrogen-bond acceptors (Lipinski definition) is 5. The second-order valence-electron chi connectivity index (χ2n) is 4.36. The molecule has 6 nitrogen and oxygen atoms in total.